The molecule has 2 fully saturated rings. The molecule has 2 atom stereocenters. The van der Waals surface area contributed by atoms with Crippen molar-refractivity contribution in [3.8, 4) is 0 Å². The first-order chi connectivity index (χ1) is 15.8. The molecule has 0 aromatic heterocycles. The Kier molecular flexibility index (Phi) is 11.6. The molecule has 2 aliphatic heterocycles. The zero-order chi connectivity index (χ0) is 24.2. The van der Waals surface area contributed by atoms with Gasteiger partial charge in [-0.3, -0.25) is 19.9 Å². The fourth-order valence-corrected chi connectivity index (χ4v) is 4.21. The predicted octanol–water partition coefficient (Wildman–Crippen LogP) is 2.18. The molecule has 8 nitrogen and oxygen atoms in total. The fourth-order valence-electron chi connectivity index (χ4n) is 4.21. The van der Waals surface area contributed by atoms with Crippen molar-refractivity contribution in [1.82, 2.24) is 20.6 Å². The molecule has 0 aromatic rings. The first-order valence-electron chi connectivity index (χ1n) is 11.8. The highest BCUT2D eigenvalue weighted by molar-refractivity contribution is 5.81. The van der Waals surface area contributed by atoms with Crippen molar-refractivity contribution in [2.75, 3.05) is 33.8 Å². The van der Waals surface area contributed by atoms with Gasteiger partial charge in [0.2, 0.25) is 5.91 Å². The third-order valence-electron chi connectivity index (χ3n) is 6.38. The van der Waals surface area contributed by atoms with Crippen LogP contribution in [-0.2, 0) is 14.4 Å². The molecule has 3 aliphatic rings. The van der Waals surface area contributed by atoms with E-state index >= 15 is 0 Å². The van der Waals surface area contributed by atoms with Gasteiger partial charge in [0, 0.05) is 32.1 Å². The SMILES string of the molecule is C/C(=C/C=C/F)C1=CCC(C(=O)NC2CCCCC2)ON1.CN1CCC(N(C)C(=O)CO)C1. The number of amides is 2. The number of aliphatic hydroxyl groups excluding tert-OH is 1. The number of hydroxylamine groups is 1. The molecular weight excluding hydrogens is 427 g/mol. The molecule has 1 saturated carbocycles. The maximum absolute atomic E-state index is 12.1. The van der Waals surface area contributed by atoms with E-state index < -0.39 is 6.10 Å². The van der Waals surface area contributed by atoms with Gasteiger partial charge in [0.1, 0.15) is 6.61 Å². The van der Waals surface area contributed by atoms with Gasteiger partial charge in [-0.15, -0.1) is 0 Å². The molecule has 186 valence electrons. The number of carbonyl (C=O) groups is 2. The average Bonchev–Trinajstić information content (AvgIpc) is 3.28. The summed E-state index contributed by atoms with van der Waals surface area (Å²) in [6.45, 7) is 3.43. The van der Waals surface area contributed by atoms with Crippen molar-refractivity contribution < 1.29 is 23.9 Å². The highest BCUT2D eigenvalue weighted by Crippen LogP contribution is 2.19. The lowest BCUT2D eigenvalue weighted by molar-refractivity contribution is -0.138. The normalized spacial score (nSPS) is 24.5. The van der Waals surface area contributed by atoms with Crippen LogP contribution in [0.4, 0.5) is 4.39 Å². The van der Waals surface area contributed by atoms with Crippen LogP contribution in [0.25, 0.3) is 0 Å². The number of likely N-dealkylation sites (tertiary alicyclic amines) is 1. The first kappa shape index (κ1) is 27.0. The van der Waals surface area contributed by atoms with Gasteiger partial charge in [0.25, 0.3) is 5.91 Å². The summed E-state index contributed by atoms with van der Waals surface area (Å²) in [6.07, 6.45) is 12.1. The van der Waals surface area contributed by atoms with Gasteiger partial charge in [-0.25, -0.2) is 4.39 Å². The lowest BCUT2D eigenvalue weighted by Gasteiger charge is -2.27. The first-order valence-corrected chi connectivity index (χ1v) is 11.8. The second-order valence-electron chi connectivity index (χ2n) is 8.94. The van der Waals surface area contributed by atoms with E-state index in [4.69, 9.17) is 9.94 Å². The minimum Gasteiger partial charge on any atom is -0.387 e. The molecule has 2 heterocycles. The van der Waals surface area contributed by atoms with E-state index in [1.807, 2.05) is 20.0 Å². The predicted molar refractivity (Wildman–Crippen MR) is 125 cm³/mol. The summed E-state index contributed by atoms with van der Waals surface area (Å²) in [5, 5.41) is 11.7. The number of nitrogens with one attached hydrogen (secondary N) is 2. The monoisotopic (exact) mass is 466 g/mol. The lowest BCUT2D eigenvalue weighted by atomic mass is 9.95. The molecule has 1 saturated heterocycles. The van der Waals surface area contributed by atoms with Crippen LogP contribution in [-0.4, -0.2) is 78.7 Å². The van der Waals surface area contributed by atoms with E-state index in [9.17, 15) is 14.0 Å². The second kappa shape index (κ2) is 14.1. The molecule has 3 rings (SSSR count). The number of allylic oxidation sites excluding steroid dienone is 3. The van der Waals surface area contributed by atoms with E-state index in [-0.39, 0.29) is 30.5 Å². The molecule has 0 aromatic carbocycles. The van der Waals surface area contributed by atoms with Crippen molar-refractivity contribution in [2.24, 2.45) is 0 Å². The van der Waals surface area contributed by atoms with Gasteiger partial charge in [-0.1, -0.05) is 31.4 Å². The highest BCUT2D eigenvalue weighted by Gasteiger charge is 2.26. The summed E-state index contributed by atoms with van der Waals surface area (Å²) in [6, 6.07) is 0.575. The number of hydrogen-bond donors (Lipinski definition) is 3. The Morgan fingerprint density at radius 2 is 2.06 bits per heavy atom. The van der Waals surface area contributed by atoms with Crippen LogP contribution >= 0.6 is 0 Å². The summed E-state index contributed by atoms with van der Waals surface area (Å²) in [4.78, 5) is 32.4. The second-order valence-corrected chi connectivity index (χ2v) is 8.94. The van der Waals surface area contributed by atoms with Gasteiger partial charge in [0.05, 0.1) is 12.0 Å². The number of carbonyl (C=O) groups excluding carboxylic acids is 2. The molecule has 0 bridgehead atoms. The van der Waals surface area contributed by atoms with Gasteiger partial charge in [0.15, 0.2) is 6.10 Å². The van der Waals surface area contributed by atoms with E-state index in [1.165, 1.54) is 25.3 Å². The van der Waals surface area contributed by atoms with Crippen LogP contribution in [0.15, 0.2) is 35.8 Å². The number of aliphatic hydroxyl groups is 1. The lowest BCUT2D eigenvalue weighted by Crippen LogP contribution is -2.46. The molecule has 0 spiro atoms. The zero-order valence-electron chi connectivity index (χ0n) is 20.1. The molecule has 3 N–H and O–H groups in total. The van der Waals surface area contributed by atoms with Gasteiger partial charge < -0.3 is 20.2 Å². The maximum Gasteiger partial charge on any atom is 0.252 e. The van der Waals surface area contributed by atoms with Gasteiger partial charge in [-0.05, 0) is 51.4 Å². The smallest absolute Gasteiger partial charge is 0.252 e. The van der Waals surface area contributed by atoms with Crippen molar-refractivity contribution in [3.05, 3.63) is 35.8 Å². The molecule has 2 amide bonds. The van der Waals surface area contributed by atoms with Crippen LogP contribution in [0.2, 0.25) is 0 Å². The number of rotatable bonds is 6. The Morgan fingerprint density at radius 3 is 2.61 bits per heavy atom. The number of hydrogen-bond acceptors (Lipinski definition) is 6. The minimum atomic E-state index is -0.500. The maximum atomic E-state index is 12.1. The number of halogens is 1. The van der Waals surface area contributed by atoms with Crippen LogP contribution in [0, 0.1) is 0 Å². The molecule has 9 heteroatoms. The fraction of sp³-hybridized carbons (Fsp3) is 0.667. The highest BCUT2D eigenvalue weighted by atomic mass is 19.1. The van der Waals surface area contributed by atoms with Crippen molar-refractivity contribution >= 4 is 11.8 Å². The van der Waals surface area contributed by atoms with Crippen LogP contribution in [0.3, 0.4) is 0 Å². The Bertz CT molecular complexity index is 734. The van der Waals surface area contributed by atoms with Crippen molar-refractivity contribution in [3.63, 3.8) is 0 Å². The topological polar surface area (TPSA) is 94.1 Å². The van der Waals surface area contributed by atoms with Gasteiger partial charge in [-0.2, -0.15) is 0 Å². The number of likely N-dealkylation sites (N-methyl/N-ethyl adjacent to an activating group) is 2. The Hall–Kier alpha value is -2.23. The Labute approximate surface area is 196 Å². The third kappa shape index (κ3) is 8.91. The van der Waals surface area contributed by atoms with E-state index in [2.05, 4.69) is 15.7 Å². The summed E-state index contributed by atoms with van der Waals surface area (Å²) >= 11 is 0. The molecule has 1 aliphatic carbocycles. The molecular formula is C24H39FN4O4. The van der Waals surface area contributed by atoms with E-state index in [0.29, 0.717) is 12.8 Å². The van der Waals surface area contributed by atoms with E-state index in [1.54, 1.807) is 18.0 Å². The Balaban J connectivity index is 0.000000273. The largest absolute Gasteiger partial charge is 0.387 e. The van der Waals surface area contributed by atoms with E-state index in [0.717, 1.165) is 43.6 Å². The van der Waals surface area contributed by atoms with Crippen molar-refractivity contribution in [2.45, 2.75) is 70.1 Å². The zero-order valence-corrected chi connectivity index (χ0v) is 20.1. The number of nitrogens with zero attached hydrogens (tertiary/aromatic N) is 2. The minimum absolute atomic E-state index is 0.0602. The summed E-state index contributed by atoms with van der Waals surface area (Å²) in [5.41, 5.74) is 4.40. The quantitative estimate of drug-likeness (QED) is 0.520. The summed E-state index contributed by atoms with van der Waals surface area (Å²) in [5.74, 6) is -0.245. The third-order valence-corrected chi connectivity index (χ3v) is 6.38. The van der Waals surface area contributed by atoms with Crippen molar-refractivity contribution in [1.29, 1.82) is 0 Å². The summed E-state index contributed by atoms with van der Waals surface area (Å²) < 4.78 is 12.0. The van der Waals surface area contributed by atoms with Crippen LogP contribution in [0.1, 0.15) is 51.9 Å². The average molecular weight is 467 g/mol. The molecule has 0 radical (unpaired) electrons. The standard InChI is InChI=1S/C16H23FN2O2.C8H16N2O2/c1-12(6-5-11-17)14-9-10-15(21-19-14)16(20)18-13-7-3-2-4-8-13;1-9-4-3-7(5-9)10(2)8(12)6-11/h5-6,9,11,13,15,19H,2-4,7-8,10H2,1H3,(H,18,20);7,11H,3-6H2,1-2H3/b11-5+,12-6-;. The molecule has 33 heavy (non-hydrogen) atoms. The van der Waals surface area contributed by atoms with Crippen LogP contribution in [0.5, 0.6) is 0 Å². The molecule has 2 unspecified atom stereocenters. The summed E-state index contributed by atoms with van der Waals surface area (Å²) in [7, 11) is 3.79. The van der Waals surface area contributed by atoms with Gasteiger partial charge >= 0.3 is 0 Å². The Morgan fingerprint density at radius 1 is 1.33 bits per heavy atom. The van der Waals surface area contributed by atoms with Crippen LogP contribution < -0.4 is 10.8 Å².